The summed E-state index contributed by atoms with van der Waals surface area (Å²) in [6.45, 7) is 4.10. The fraction of sp³-hybridized carbons (Fsp3) is 0.500. The van der Waals surface area contributed by atoms with Crippen molar-refractivity contribution in [1.82, 2.24) is 9.55 Å². The van der Waals surface area contributed by atoms with Gasteiger partial charge < -0.3 is 14.4 Å². The van der Waals surface area contributed by atoms with Gasteiger partial charge in [-0.1, -0.05) is 13.0 Å². The highest BCUT2D eigenvalue weighted by Crippen LogP contribution is 2.28. The molecule has 3 rings (SSSR count). The van der Waals surface area contributed by atoms with E-state index >= 15 is 0 Å². The molecular weight excluding hydrogens is 268 g/mol. The first kappa shape index (κ1) is 14.1. The standard InChI is InChI=1S/C16H20N2O3/c1-2-14-17-13-5-3-4-12(16(19)20)15(13)18(14)8-9-21-10-11-6-7-11/h3-5,11H,2,6-10H2,1H3,(H,19,20). The molecule has 0 saturated heterocycles. The van der Waals surface area contributed by atoms with Crippen molar-refractivity contribution in [3.8, 4) is 0 Å². The first-order valence-electron chi connectivity index (χ1n) is 7.50. The summed E-state index contributed by atoms with van der Waals surface area (Å²) in [5, 5.41) is 9.37. The summed E-state index contributed by atoms with van der Waals surface area (Å²) in [6, 6.07) is 5.24. The van der Waals surface area contributed by atoms with Gasteiger partial charge in [-0.25, -0.2) is 9.78 Å². The number of aromatic nitrogens is 2. The van der Waals surface area contributed by atoms with Gasteiger partial charge in [-0.3, -0.25) is 0 Å². The van der Waals surface area contributed by atoms with Crippen LogP contribution in [0.15, 0.2) is 18.2 Å². The zero-order valence-electron chi connectivity index (χ0n) is 12.2. The number of imidazole rings is 1. The molecule has 0 radical (unpaired) electrons. The molecule has 2 aromatic rings. The van der Waals surface area contributed by atoms with Gasteiger partial charge in [0.25, 0.3) is 0 Å². The molecule has 5 nitrogen and oxygen atoms in total. The second-order valence-corrected chi connectivity index (χ2v) is 5.53. The molecule has 0 bridgehead atoms. The third-order valence-electron chi connectivity index (χ3n) is 3.90. The summed E-state index contributed by atoms with van der Waals surface area (Å²) < 4.78 is 7.68. The number of aromatic carboxylic acids is 1. The van der Waals surface area contributed by atoms with Crippen LogP contribution in [0.5, 0.6) is 0 Å². The Hall–Kier alpha value is -1.88. The molecule has 0 aliphatic heterocycles. The highest BCUT2D eigenvalue weighted by Gasteiger charge is 2.21. The quantitative estimate of drug-likeness (QED) is 0.796. The number of carboxylic acid groups (broad SMARTS) is 1. The smallest absolute Gasteiger partial charge is 0.337 e. The van der Waals surface area contributed by atoms with Crippen molar-refractivity contribution in [2.24, 2.45) is 5.92 Å². The maximum Gasteiger partial charge on any atom is 0.337 e. The second kappa shape index (κ2) is 5.85. The summed E-state index contributed by atoms with van der Waals surface area (Å²) in [5.74, 6) is 0.738. The molecule has 0 atom stereocenters. The molecule has 1 aromatic carbocycles. The number of carbonyl (C=O) groups is 1. The van der Waals surface area contributed by atoms with Crippen LogP contribution in [-0.4, -0.2) is 33.8 Å². The molecule has 5 heteroatoms. The maximum absolute atomic E-state index is 11.4. The van der Waals surface area contributed by atoms with E-state index in [9.17, 15) is 9.90 Å². The molecule has 1 aliphatic carbocycles. The number of aryl methyl sites for hydroxylation is 1. The lowest BCUT2D eigenvalue weighted by atomic mass is 10.2. The van der Waals surface area contributed by atoms with Crippen LogP contribution < -0.4 is 0 Å². The van der Waals surface area contributed by atoms with Crippen LogP contribution in [0.3, 0.4) is 0 Å². The topological polar surface area (TPSA) is 64.3 Å². The SMILES string of the molecule is CCc1nc2cccc(C(=O)O)c2n1CCOCC1CC1. The number of ether oxygens (including phenoxy) is 1. The Morgan fingerprint density at radius 3 is 2.95 bits per heavy atom. The predicted molar refractivity (Wildman–Crippen MR) is 79.6 cm³/mol. The summed E-state index contributed by atoms with van der Waals surface area (Å²) in [5.41, 5.74) is 1.76. The van der Waals surface area contributed by atoms with Gasteiger partial charge in [0.15, 0.2) is 0 Å². The number of carboxylic acids is 1. The van der Waals surface area contributed by atoms with Gasteiger partial charge in [-0.05, 0) is 30.9 Å². The van der Waals surface area contributed by atoms with Gasteiger partial charge in [0.1, 0.15) is 5.82 Å². The number of rotatable bonds is 7. The molecule has 0 amide bonds. The molecule has 1 aromatic heterocycles. The Labute approximate surface area is 123 Å². The lowest BCUT2D eigenvalue weighted by molar-refractivity contribution is 0.0698. The van der Waals surface area contributed by atoms with Crippen LogP contribution in [0.1, 0.15) is 35.9 Å². The maximum atomic E-state index is 11.4. The molecule has 1 fully saturated rings. The van der Waals surface area contributed by atoms with Crippen LogP contribution in [0.25, 0.3) is 11.0 Å². The van der Waals surface area contributed by atoms with Gasteiger partial charge >= 0.3 is 5.97 Å². The zero-order chi connectivity index (χ0) is 14.8. The van der Waals surface area contributed by atoms with E-state index < -0.39 is 5.97 Å². The number of benzene rings is 1. The zero-order valence-corrected chi connectivity index (χ0v) is 12.2. The van der Waals surface area contributed by atoms with E-state index in [1.54, 1.807) is 12.1 Å². The van der Waals surface area contributed by atoms with Crippen LogP contribution in [0, 0.1) is 5.92 Å². The normalized spacial score (nSPS) is 14.7. The Kier molecular flexibility index (Phi) is 3.92. The summed E-state index contributed by atoms with van der Waals surface area (Å²) in [7, 11) is 0. The fourth-order valence-electron chi connectivity index (χ4n) is 2.61. The van der Waals surface area contributed by atoms with Crippen LogP contribution in [0.4, 0.5) is 0 Å². The van der Waals surface area contributed by atoms with E-state index in [0.29, 0.717) is 24.2 Å². The lowest BCUT2D eigenvalue weighted by Gasteiger charge is -2.10. The van der Waals surface area contributed by atoms with E-state index in [1.807, 2.05) is 17.6 Å². The van der Waals surface area contributed by atoms with Crippen molar-refractivity contribution in [3.63, 3.8) is 0 Å². The summed E-state index contributed by atoms with van der Waals surface area (Å²) >= 11 is 0. The molecule has 0 unspecified atom stereocenters. The molecular formula is C16H20N2O3. The highest BCUT2D eigenvalue weighted by atomic mass is 16.5. The lowest BCUT2D eigenvalue weighted by Crippen LogP contribution is -2.12. The van der Waals surface area contributed by atoms with Crippen molar-refractivity contribution in [3.05, 3.63) is 29.6 Å². The van der Waals surface area contributed by atoms with Crippen molar-refractivity contribution >= 4 is 17.0 Å². The fourth-order valence-corrected chi connectivity index (χ4v) is 2.61. The Morgan fingerprint density at radius 1 is 1.48 bits per heavy atom. The Bertz CT molecular complexity index is 659. The molecule has 1 saturated carbocycles. The van der Waals surface area contributed by atoms with Crippen molar-refractivity contribution in [1.29, 1.82) is 0 Å². The number of hydrogen-bond donors (Lipinski definition) is 1. The van der Waals surface area contributed by atoms with E-state index in [2.05, 4.69) is 4.98 Å². The minimum atomic E-state index is -0.914. The van der Waals surface area contributed by atoms with Gasteiger partial charge in [0, 0.05) is 19.6 Å². The summed E-state index contributed by atoms with van der Waals surface area (Å²) in [6.07, 6.45) is 3.32. The van der Waals surface area contributed by atoms with Crippen molar-refractivity contribution in [2.45, 2.75) is 32.7 Å². The Balaban J connectivity index is 1.87. The Morgan fingerprint density at radius 2 is 2.29 bits per heavy atom. The van der Waals surface area contributed by atoms with E-state index in [4.69, 9.17) is 4.74 Å². The van der Waals surface area contributed by atoms with Crippen molar-refractivity contribution in [2.75, 3.05) is 13.2 Å². The number of para-hydroxylation sites is 1. The third kappa shape index (κ3) is 2.93. The summed E-state index contributed by atoms with van der Waals surface area (Å²) in [4.78, 5) is 16.0. The average molecular weight is 288 g/mol. The number of nitrogens with zero attached hydrogens (tertiary/aromatic N) is 2. The van der Waals surface area contributed by atoms with Gasteiger partial charge in [0.05, 0.1) is 23.2 Å². The van der Waals surface area contributed by atoms with E-state index in [0.717, 1.165) is 30.3 Å². The minimum Gasteiger partial charge on any atom is -0.478 e. The monoisotopic (exact) mass is 288 g/mol. The third-order valence-corrected chi connectivity index (χ3v) is 3.90. The van der Waals surface area contributed by atoms with Gasteiger partial charge in [-0.15, -0.1) is 0 Å². The second-order valence-electron chi connectivity index (χ2n) is 5.53. The molecule has 1 N–H and O–H groups in total. The highest BCUT2D eigenvalue weighted by molar-refractivity contribution is 6.01. The van der Waals surface area contributed by atoms with Crippen molar-refractivity contribution < 1.29 is 14.6 Å². The van der Waals surface area contributed by atoms with Gasteiger partial charge in [-0.2, -0.15) is 0 Å². The molecule has 112 valence electrons. The largest absolute Gasteiger partial charge is 0.478 e. The first-order valence-corrected chi connectivity index (χ1v) is 7.50. The average Bonchev–Trinajstić information content (AvgIpc) is 3.23. The predicted octanol–water partition coefficient (Wildman–Crippen LogP) is 2.72. The van der Waals surface area contributed by atoms with E-state index in [-0.39, 0.29) is 0 Å². The van der Waals surface area contributed by atoms with Gasteiger partial charge in [0.2, 0.25) is 0 Å². The first-order chi connectivity index (χ1) is 10.2. The molecule has 1 aliphatic rings. The number of fused-ring (bicyclic) bond motifs is 1. The van der Waals surface area contributed by atoms with E-state index in [1.165, 1.54) is 12.8 Å². The van der Waals surface area contributed by atoms with Crippen LogP contribution in [0.2, 0.25) is 0 Å². The minimum absolute atomic E-state index is 0.307. The molecule has 1 heterocycles. The number of hydrogen-bond acceptors (Lipinski definition) is 3. The van der Waals surface area contributed by atoms with Crippen LogP contribution >= 0.6 is 0 Å². The van der Waals surface area contributed by atoms with Crippen LogP contribution in [-0.2, 0) is 17.7 Å². The molecule has 0 spiro atoms. The molecule has 21 heavy (non-hydrogen) atoms.